The molecule has 1 aromatic rings. The molecule has 2 aliphatic rings. The first-order chi connectivity index (χ1) is 12.2. The van der Waals surface area contributed by atoms with Crippen molar-refractivity contribution in [1.82, 2.24) is 5.32 Å². The van der Waals surface area contributed by atoms with Crippen LogP contribution >= 0.6 is 0 Å². The fraction of sp³-hybridized carbons (Fsp3) is 0.682. The van der Waals surface area contributed by atoms with Crippen molar-refractivity contribution in [2.75, 3.05) is 6.54 Å². The van der Waals surface area contributed by atoms with Gasteiger partial charge in [-0.05, 0) is 49.7 Å². The van der Waals surface area contributed by atoms with E-state index in [-0.39, 0.29) is 0 Å². The fourth-order valence-electron chi connectivity index (χ4n) is 4.12. The van der Waals surface area contributed by atoms with Crippen LogP contribution in [-0.2, 0) is 18.6 Å². The molecule has 1 aromatic carbocycles. The standard InChI is InChI=1S/C22H34N2O/c1-3-17-13-14-20(18(4-2)16-17)22(25,19-10-9-11-19)24-21-12-7-5-6-8-15-23-21/h13-14,16,19,25H,3-12,15H2,1-2H3,(H,23,24). The molecule has 1 fully saturated rings. The minimum absolute atomic E-state index is 0.290. The van der Waals surface area contributed by atoms with E-state index in [1.807, 2.05) is 0 Å². The summed E-state index contributed by atoms with van der Waals surface area (Å²) in [4.78, 5) is 4.77. The molecule has 0 saturated heterocycles. The van der Waals surface area contributed by atoms with Gasteiger partial charge in [0.15, 0.2) is 5.72 Å². The van der Waals surface area contributed by atoms with Crippen LogP contribution in [0, 0.1) is 5.92 Å². The number of nitrogens with one attached hydrogen (secondary N) is 1. The molecule has 0 radical (unpaired) electrons. The van der Waals surface area contributed by atoms with Gasteiger partial charge in [0.2, 0.25) is 0 Å². The average molecular weight is 343 g/mol. The molecule has 3 heteroatoms. The van der Waals surface area contributed by atoms with Crippen molar-refractivity contribution < 1.29 is 5.11 Å². The molecule has 1 heterocycles. The predicted octanol–water partition coefficient (Wildman–Crippen LogP) is 4.71. The maximum atomic E-state index is 11.8. The molecular formula is C22H34N2O. The zero-order chi connectivity index (χ0) is 17.7. The summed E-state index contributed by atoms with van der Waals surface area (Å²) < 4.78 is 0. The second-order valence-electron chi connectivity index (χ2n) is 7.71. The molecule has 0 amide bonds. The first kappa shape index (κ1) is 18.4. The number of aliphatic hydroxyl groups is 1. The molecule has 0 spiro atoms. The second-order valence-corrected chi connectivity index (χ2v) is 7.71. The van der Waals surface area contributed by atoms with Gasteiger partial charge in [-0.1, -0.05) is 51.3 Å². The molecule has 1 aliphatic carbocycles. The summed E-state index contributed by atoms with van der Waals surface area (Å²) in [5.41, 5.74) is 2.72. The largest absolute Gasteiger partial charge is 0.367 e. The highest BCUT2D eigenvalue weighted by Crippen LogP contribution is 2.42. The summed E-state index contributed by atoms with van der Waals surface area (Å²) in [6.07, 6.45) is 11.2. The van der Waals surface area contributed by atoms with Crippen molar-refractivity contribution in [3.8, 4) is 0 Å². The zero-order valence-electron chi connectivity index (χ0n) is 16.0. The van der Waals surface area contributed by atoms with Crippen LogP contribution in [0.2, 0.25) is 0 Å². The first-order valence-corrected chi connectivity index (χ1v) is 10.3. The molecule has 0 bridgehead atoms. The molecule has 1 aliphatic heterocycles. The number of benzene rings is 1. The fourth-order valence-corrected chi connectivity index (χ4v) is 4.12. The Bertz CT molecular complexity index is 606. The van der Waals surface area contributed by atoms with Gasteiger partial charge in [-0.3, -0.25) is 4.99 Å². The van der Waals surface area contributed by atoms with Gasteiger partial charge in [0, 0.05) is 24.4 Å². The Kier molecular flexibility index (Phi) is 6.16. The van der Waals surface area contributed by atoms with E-state index in [1.54, 1.807) is 0 Å². The zero-order valence-corrected chi connectivity index (χ0v) is 16.0. The monoisotopic (exact) mass is 342 g/mol. The third-order valence-corrected chi connectivity index (χ3v) is 6.02. The number of hydrogen-bond acceptors (Lipinski definition) is 3. The number of hydrogen-bond donors (Lipinski definition) is 2. The normalized spacial score (nSPS) is 21.5. The third-order valence-electron chi connectivity index (χ3n) is 6.02. The Morgan fingerprint density at radius 1 is 1.08 bits per heavy atom. The summed E-state index contributed by atoms with van der Waals surface area (Å²) in [5.74, 6) is 1.30. The predicted molar refractivity (Wildman–Crippen MR) is 105 cm³/mol. The van der Waals surface area contributed by atoms with Crippen LogP contribution in [-0.4, -0.2) is 17.5 Å². The lowest BCUT2D eigenvalue weighted by molar-refractivity contribution is -0.0709. The Hall–Kier alpha value is -1.35. The Morgan fingerprint density at radius 2 is 1.88 bits per heavy atom. The van der Waals surface area contributed by atoms with E-state index in [1.165, 1.54) is 43.2 Å². The van der Waals surface area contributed by atoms with Crippen molar-refractivity contribution >= 4 is 5.84 Å². The molecule has 3 rings (SSSR count). The molecule has 1 saturated carbocycles. The topological polar surface area (TPSA) is 44.6 Å². The minimum atomic E-state index is -0.964. The van der Waals surface area contributed by atoms with Gasteiger partial charge in [-0.2, -0.15) is 0 Å². The van der Waals surface area contributed by atoms with Gasteiger partial charge in [-0.15, -0.1) is 0 Å². The van der Waals surface area contributed by atoms with E-state index in [0.717, 1.165) is 50.0 Å². The molecule has 2 N–H and O–H groups in total. The Labute approximate surface area is 152 Å². The smallest absolute Gasteiger partial charge is 0.165 e. The number of amidine groups is 1. The highest BCUT2D eigenvalue weighted by molar-refractivity contribution is 5.83. The number of aliphatic imine (C=N–C) groups is 1. The van der Waals surface area contributed by atoms with Crippen molar-refractivity contribution in [1.29, 1.82) is 0 Å². The van der Waals surface area contributed by atoms with Crippen LogP contribution < -0.4 is 5.32 Å². The van der Waals surface area contributed by atoms with Crippen LogP contribution in [0.5, 0.6) is 0 Å². The van der Waals surface area contributed by atoms with Gasteiger partial charge in [0.25, 0.3) is 0 Å². The van der Waals surface area contributed by atoms with Gasteiger partial charge in [0.1, 0.15) is 0 Å². The molecule has 1 unspecified atom stereocenters. The highest BCUT2D eigenvalue weighted by Gasteiger charge is 2.43. The SMILES string of the molecule is CCc1ccc(C(O)(NC2=NCCCCCC2)C2CCC2)c(CC)c1. The lowest BCUT2D eigenvalue weighted by Crippen LogP contribution is -2.53. The lowest BCUT2D eigenvalue weighted by Gasteiger charge is -2.44. The van der Waals surface area contributed by atoms with Gasteiger partial charge in [-0.25, -0.2) is 0 Å². The summed E-state index contributed by atoms with van der Waals surface area (Å²) >= 11 is 0. The van der Waals surface area contributed by atoms with Crippen LogP contribution in [0.15, 0.2) is 23.2 Å². The quantitative estimate of drug-likeness (QED) is 0.761. The van der Waals surface area contributed by atoms with Crippen molar-refractivity contribution in [3.05, 3.63) is 34.9 Å². The van der Waals surface area contributed by atoms with E-state index in [9.17, 15) is 5.11 Å². The Balaban J connectivity index is 1.93. The van der Waals surface area contributed by atoms with Crippen LogP contribution in [0.1, 0.15) is 81.9 Å². The van der Waals surface area contributed by atoms with E-state index in [2.05, 4.69) is 37.4 Å². The molecule has 25 heavy (non-hydrogen) atoms. The number of rotatable bonds is 5. The van der Waals surface area contributed by atoms with Crippen LogP contribution in [0.25, 0.3) is 0 Å². The summed E-state index contributed by atoms with van der Waals surface area (Å²) in [5, 5.41) is 15.3. The van der Waals surface area contributed by atoms with E-state index < -0.39 is 5.72 Å². The number of nitrogens with zero attached hydrogens (tertiary/aromatic N) is 1. The van der Waals surface area contributed by atoms with E-state index in [0.29, 0.717) is 5.92 Å². The molecule has 138 valence electrons. The number of aryl methyl sites for hydroxylation is 2. The maximum Gasteiger partial charge on any atom is 0.165 e. The van der Waals surface area contributed by atoms with E-state index >= 15 is 0 Å². The summed E-state index contributed by atoms with van der Waals surface area (Å²) in [6.45, 7) is 5.26. The van der Waals surface area contributed by atoms with Gasteiger partial charge in [0.05, 0.1) is 5.84 Å². The van der Waals surface area contributed by atoms with Gasteiger partial charge >= 0.3 is 0 Å². The Morgan fingerprint density at radius 3 is 2.56 bits per heavy atom. The average Bonchev–Trinajstić information content (AvgIpc) is 2.55. The highest BCUT2D eigenvalue weighted by atomic mass is 16.3. The van der Waals surface area contributed by atoms with Crippen LogP contribution in [0.3, 0.4) is 0 Å². The maximum absolute atomic E-state index is 11.8. The second kappa shape index (κ2) is 8.35. The van der Waals surface area contributed by atoms with Crippen molar-refractivity contribution in [2.45, 2.75) is 83.8 Å². The van der Waals surface area contributed by atoms with Crippen molar-refractivity contribution in [2.24, 2.45) is 10.9 Å². The third kappa shape index (κ3) is 4.08. The molecule has 1 atom stereocenters. The molecular weight excluding hydrogens is 308 g/mol. The lowest BCUT2D eigenvalue weighted by atomic mass is 9.73. The van der Waals surface area contributed by atoms with E-state index in [4.69, 9.17) is 4.99 Å². The summed E-state index contributed by atoms with van der Waals surface area (Å²) in [6, 6.07) is 6.62. The summed E-state index contributed by atoms with van der Waals surface area (Å²) in [7, 11) is 0. The van der Waals surface area contributed by atoms with Gasteiger partial charge < -0.3 is 10.4 Å². The molecule has 3 nitrogen and oxygen atoms in total. The molecule has 0 aromatic heterocycles. The first-order valence-electron chi connectivity index (χ1n) is 10.3. The van der Waals surface area contributed by atoms with Crippen molar-refractivity contribution in [3.63, 3.8) is 0 Å². The minimum Gasteiger partial charge on any atom is -0.367 e. The van der Waals surface area contributed by atoms with Crippen LogP contribution in [0.4, 0.5) is 0 Å².